The maximum atomic E-state index is 8.89. The summed E-state index contributed by atoms with van der Waals surface area (Å²) < 4.78 is 0. The Labute approximate surface area is 81.3 Å². The summed E-state index contributed by atoms with van der Waals surface area (Å²) in [4.78, 5) is 16.2. The van der Waals surface area contributed by atoms with Gasteiger partial charge in [0.15, 0.2) is 0 Å². The van der Waals surface area contributed by atoms with Crippen molar-refractivity contribution in [1.29, 1.82) is 0 Å². The Bertz CT molecular complexity index is 77.7. The molecule has 0 aromatic carbocycles. The van der Waals surface area contributed by atoms with Crippen LogP contribution in [0.25, 0.3) is 0 Å². The number of nitrogens with zero attached hydrogens (tertiary/aromatic N) is 1. The van der Waals surface area contributed by atoms with E-state index < -0.39 is 11.0 Å². The summed E-state index contributed by atoms with van der Waals surface area (Å²) in [7, 11) is 0. The van der Waals surface area contributed by atoms with Crippen molar-refractivity contribution in [3.05, 3.63) is 10.1 Å². The van der Waals surface area contributed by atoms with Crippen LogP contribution >= 0.6 is 0 Å². The Morgan fingerprint density at radius 1 is 1.57 bits per heavy atom. The normalized spacial score (nSPS) is 6.29. The molecule has 0 saturated heterocycles. The molecule has 1 amide bonds. The van der Waals surface area contributed by atoms with Gasteiger partial charge in [0.25, 0.3) is 0 Å². The van der Waals surface area contributed by atoms with Crippen molar-refractivity contribution in [3.8, 4) is 0 Å². The quantitative estimate of drug-likeness (QED) is 0.188. The summed E-state index contributed by atoms with van der Waals surface area (Å²) in [6, 6.07) is 0. The molecule has 0 fully saturated rings. The maximum absolute atomic E-state index is 8.89. The number of rotatable bonds is 0. The van der Waals surface area contributed by atoms with E-state index in [0.717, 1.165) is 0 Å². The van der Waals surface area contributed by atoms with Crippen molar-refractivity contribution in [1.82, 2.24) is 0 Å². The number of carbonyl (C=O) groups excluding carboxylic acids is 1. The number of carboxylic acid groups (broad SMARTS) is 1. The molecule has 6 heteroatoms. The van der Waals surface area contributed by atoms with Gasteiger partial charge in [-0.25, -0.2) is 0 Å². The van der Waals surface area contributed by atoms with Crippen LogP contribution < -0.4 is 56.5 Å². The third kappa shape index (κ3) is 6.51. The van der Waals surface area contributed by atoms with Gasteiger partial charge < -0.3 is 9.90 Å². The topological polar surface area (TPSA) is 83.3 Å². The first kappa shape index (κ1) is 10.5. The van der Waals surface area contributed by atoms with Crippen molar-refractivity contribution in [2.45, 2.75) is 0 Å². The van der Waals surface area contributed by atoms with Crippen molar-refractivity contribution in [2.75, 3.05) is 0 Å². The summed E-state index contributed by atoms with van der Waals surface area (Å²) in [6.45, 7) is 0. The van der Waals surface area contributed by atoms with Gasteiger partial charge in [-0.2, -0.15) is 0 Å². The third-order valence-corrected chi connectivity index (χ3v) is 0.149. The standard InChI is InChI=1S/CHNO4.K/c3-1(4)2(5)6;/h(H,3,4);/q;+1/p-1. The molecule has 0 heterocycles. The molecule has 34 valence electrons. The van der Waals surface area contributed by atoms with E-state index >= 15 is 0 Å². The molecule has 0 aromatic rings. The summed E-state index contributed by atoms with van der Waals surface area (Å²) in [5.41, 5.74) is 0. The Balaban J connectivity index is 0. The summed E-state index contributed by atoms with van der Waals surface area (Å²) in [6.07, 6.45) is -2.27. The van der Waals surface area contributed by atoms with Crippen LogP contribution in [0.3, 0.4) is 0 Å². The third-order valence-electron chi connectivity index (χ3n) is 0.149. The fraction of sp³-hybridized carbons (Fsp3) is 0. The predicted molar refractivity (Wildman–Crippen MR) is 12.4 cm³/mol. The summed E-state index contributed by atoms with van der Waals surface area (Å²) in [5, 5.41) is 17.7. The van der Waals surface area contributed by atoms with Gasteiger partial charge in [-0.1, -0.05) is 0 Å². The summed E-state index contributed by atoms with van der Waals surface area (Å²) in [5.74, 6) is 0. The minimum absolute atomic E-state index is 0. The molecule has 0 bridgehead atoms. The SMILES string of the molecule is O=C([O-])[N+](=O)[O-].[K+]. The minimum atomic E-state index is -2.27. The van der Waals surface area contributed by atoms with Gasteiger partial charge in [-0.05, 0) is 0 Å². The molecule has 0 aliphatic heterocycles. The molecule has 0 aliphatic carbocycles. The largest absolute Gasteiger partial charge is 1.00 e. The zero-order valence-electron chi connectivity index (χ0n) is 3.58. The van der Waals surface area contributed by atoms with Gasteiger partial charge in [0.2, 0.25) is 0 Å². The molecule has 0 unspecified atom stereocenters. The second kappa shape index (κ2) is 4.66. The molecule has 0 aromatic heterocycles. The first-order valence-electron chi connectivity index (χ1n) is 0.997. The Hall–Kier alpha value is 0.506. The number of hydrogen-bond acceptors (Lipinski definition) is 4. The van der Waals surface area contributed by atoms with Crippen LogP contribution in [0.15, 0.2) is 0 Å². The summed E-state index contributed by atoms with van der Waals surface area (Å²) >= 11 is 0. The first-order chi connectivity index (χ1) is 2.64. The maximum Gasteiger partial charge on any atom is 1.00 e. The number of carbonyl (C=O) groups is 1. The van der Waals surface area contributed by atoms with Crippen LogP contribution in [0, 0.1) is 10.1 Å². The monoisotopic (exact) mass is 129 g/mol. The van der Waals surface area contributed by atoms with Gasteiger partial charge in [-0.3, -0.25) is 10.1 Å². The van der Waals surface area contributed by atoms with Crippen molar-refractivity contribution >= 4 is 6.09 Å². The van der Waals surface area contributed by atoms with Crippen LogP contribution in [0.4, 0.5) is 4.79 Å². The molecular formula is CKNO4. The molecule has 7 heavy (non-hydrogen) atoms. The molecule has 0 radical (unpaired) electrons. The van der Waals surface area contributed by atoms with Gasteiger partial charge in [-0.15, -0.1) is 0 Å². The smallest absolute Gasteiger partial charge is 0.486 e. The Kier molecular flexibility index (Phi) is 6.98. The van der Waals surface area contributed by atoms with E-state index in [2.05, 4.69) is 0 Å². The fourth-order valence-corrected chi connectivity index (χ4v) is 0. The van der Waals surface area contributed by atoms with E-state index in [1.54, 1.807) is 0 Å². The molecule has 5 nitrogen and oxygen atoms in total. The van der Waals surface area contributed by atoms with Crippen LogP contribution in [0.1, 0.15) is 0 Å². The van der Waals surface area contributed by atoms with Crippen molar-refractivity contribution < 1.29 is 66.2 Å². The van der Waals surface area contributed by atoms with E-state index in [0.29, 0.717) is 0 Å². The zero-order chi connectivity index (χ0) is 5.15. The van der Waals surface area contributed by atoms with E-state index in [1.165, 1.54) is 0 Å². The molecule has 0 atom stereocenters. The molecule has 0 N–H and O–H groups in total. The molecule has 0 rings (SSSR count). The van der Waals surface area contributed by atoms with Crippen molar-refractivity contribution in [2.24, 2.45) is 0 Å². The predicted octanol–water partition coefficient (Wildman–Crippen LogP) is -4.39. The van der Waals surface area contributed by atoms with Crippen LogP contribution in [-0.4, -0.2) is 11.0 Å². The van der Waals surface area contributed by atoms with Crippen LogP contribution in [-0.2, 0) is 0 Å². The number of amides is 1. The minimum Gasteiger partial charge on any atom is -0.486 e. The van der Waals surface area contributed by atoms with Gasteiger partial charge in [0.05, 0.1) is 4.92 Å². The number of hydrogen-bond donors (Lipinski definition) is 0. The van der Waals surface area contributed by atoms with Gasteiger partial charge in [0, 0.05) is 0 Å². The second-order valence-corrected chi connectivity index (χ2v) is 0.523. The average molecular weight is 129 g/mol. The average Bonchev–Trinajstić information content (AvgIpc) is 1.36. The van der Waals surface area contributed by atoms with Crippen LogP contribution in [0.5, 0.6) is 0 Å². The number of nitro groups is 1. The van der Waals surface area contributed by atoms with Crippen LogP contribution in [0.2, 0.25) is 0 Å². The van der Waals surface area contributed by atoms with E-state index in [4.69, 9.17) is 20.0 Å². The van der Waals surface area contributed by atoms with E-state index in [9.17, 15) is 0 Å². The molecule has 0 saturated carbocycles. The molecule has 0 aliphatic rings. The van der Waals surface area contributed by atoms with Crippen molar-refractivity contribution in [3.63, 3.8) is 0 Å². The first-order valence-corrected chi connectivity index (χ1v) is 0.997. The van der Waals surface area contributed by atoms with E-state index in [1.807, 2.05) is 0 Å². The molecule has 0 spiro atoms. The Morgan fingerprint density at radius 3 is 1.71 bits per heavy atom. The van der Waals surface area contributed by atoms with Gasteiger partial charge >= 0.3 is 57.5 Å². The zero-order valence-corrected chi connectivity index (χ0v) is 6.70. The molecular weight excluding hydrogens is 129 g/mol. The second-order valence-electron chi connectivity index (χ2n) is 0.523. The Morgan fingerprint density at radius 2 is 1.71 bits per heavy atom. The fourth-order valence-electron chi connectivity index (χ4n) is 0. The van der Waals surface area contributed by atoms with E-state index in [-0.39, 0.29) is 51.4 Å². The van der Waals surface area contributed by atoms with Gasteiger partial charge in [0.1, 0.15) is 0 Å².